The van der Waals surface area contributed by atoms with Crippen molar-refractivity contribution in [1.29, 1.82) is 0 Å². The van der Waals surface area contributed by atoms with Gasteiger partial charge in [-0.25, -0.2) is 0 Å². The van der Waals surface area contributed by atoms with E-state index in [2.05, 4.69) is 13.8 Å². The molecule has 1 unspecified atom stereocenters. The molecule has 0 heterocycles. The van der Waals surface area contributed by atoms with Crippen LogP contribution < -0.4 is 4.74 Å². The second-order valence-electron chi connectivity index (χ2n) is 6.25. The molecule has 4 heteroatoms. The fourth-order valence-electron chi connectivity index (χ4n) is 2.72. The van der Waals surface area contributed by atoms with Crippen LogP contribution in [0.1, 0.15) is 55.5 Å². The predicted octanol–water partition coefficient (Wildman–Crippen LogP) is 4.92. The van der Waals surface area contributed by atoms with Crippen molar-refractivity contribution in [3.8, 4) is 17.2 Å². The summed E-state index contributed by atoms with van der Waals surface area (Å²) in [6.07, 6.45) is 4.53. The molecule has 0 amide bonds. The summed E-state index contributed by atoms with van der Waals surface area (Å²) in [7, 11) is 0. The van der Waals surface area contributed by atoms with Gasteiger partial charge in [-0.05, 0) is 36.6 Å². The van der Waals surface area contributed by atoms with Crippen molar-refractivity contribution in [2.24, 2.45) is 5.92 Å². The Morgan fingerprint density at radius 3 is 2.40 bits per heavy atom. The highest BCUT2D eigenvalue weighted by molar-refractivity contribution is 6.12. The van der Waals surface area contributed by atoms with E-state index >= 15 is 0 Å². The summed E-state index contributed by atoms with van der Waals surface area (Å²) in [5, 5.41) is 20.0. The third-order valence-electron chi connectivity index (χ3n) is 4.39. The number of para-hydroxylation sites is 1. The van der Waals surface area contributed by atoms with Crippen molar-refractivity contribution in [1.82, 2.24) is 0 Å². The van der Waals surface area contributed by atoms with E-state index in [1.807, 2.05) is 0 Å². The number of carbonyl (C=O) groups is 1. The lowest BCUT2D eigenvalue weighted by Crippen LogP contribution is -2.11. The van der Waals surface area contributed by atoms with Gasteiger partial charge < -0.3 is 14.9 Å². The monoisotopic (exact) mass is 342 g/mol. The summed E-state index contributed by atoms with van der Waals surface area (Å²) >= 11 is 0. The minimum absolute atomic E-state index is 0.103. The van der Waals surface area contributed by atoms with E-state index in [0.29, 0.717) is 18.3 Å². The molecule has 0 aliphatic carbocycles. The van der Waals surface area contributed by atoms with Gasteiger partial charge in [-0.2, -0.15) is 0 Å². The fourth-order valence-corrected chi connectivity index (χ4v) is 2.72. The lowest BCUT2D eigenvalue weighted by molar-refractivity contribution is 0.103. The molecule has 4 nitrogen and oxygen atoms in total. The van der Waals surface area contributed by atoms with Gasteiger partial charge in [0.1, 0.15) is 17.2 Å². The Kier molecular flexibility index (Phi) is 6.87. The maximum absolute atomic E-state index is 12.5. The number of phenols is 2. The van der Waals surface area contributed by atoms with Gasteiger partial charge in [0.2, 0.25) is 0 Å². The molecular weight excluding hydrogens is 316 g/mol. The van der Waals surface area contributed by atoms with Crippen LogP contribution in [0.2, 0.25) is 0 Å². The molecule has 2 aromatic carbocycles. The van der Waals surface area contributed by atoms with Gasteiger partial charge >= 0.3 is 0 Å². The van der Waals surface area contributed by atoms with Gasteiger partial charge in [-0.3, -0.25) is 4.79 Å². The molecular formula is C21H26O4. The molecule has 25 heavy (non-hydrogen) atoms. The molecule has 0 aliphatic rings. The Labute approximate surface area is 149 Å². The van der Waals surface area contributed by atoms with Gasteiger partial charge in [0.25, 0.3) is 0 Å². The summed E-state index contributed by atoms with van der Waals surface area (Å²) in [6, 6.07) is 11.0. The van der Waals surface area contributed by atoms with E-state index in [1.54, 1.807) is 18.2 Å². The Morgan fingerprint density at radius 2 is 1.76 bits per heavy atom. The molecule has 0 aromatic heterocycles. The first-order valence-electron chi connectivity index (χ1n) is 8.85. The standard InChI is InChI=1S/C21H26O4/c1-3-5-8-15(4-2)14-25-16-11-12-18(20(23)13-16)21(24)17-9-6-7-10-19(17)22/h6-7,9-13,15,22-23H,3-5,8,14H2,1-2H3. The second kappa shape index (κ2) is 9.11. The molecule has 1 atom stereocenters. The number of hydrogen-bond acceptors (Lipinski definition) is 4. The average Bonchev–Trinajstić information content (AvgIpc) is 2.62. The van der Waals surface area contributed by atoms with Gasteiger partial charge in [-0.1, -0.05) is 45.2 Å². The van der Waals surface area contributed by atoms with Crippen LogP contribution in [0.4, 0.5) is 0 Å². The third-order valence-corrected chi connectivity index (χ3v) is 4.39. The smallest absolute Gasteiger partial charge is 0.200 e. The van der Waals surface area contributed by atoms with E-state index in [-0.39, 0.29) is 22.6 Å². The topological polar surface area (TPSA) is 66.8 Å². The zero-order chi connectivity index (χ0) is 18.2. The quantitative estimate of drug-likeness (QED) is 0.635. The van der Waals surface area contributed by atoms with Crippen LogP contribution in [0.25, 0.3) is 0 Å². The summed E-state index contributed by atoms with van der Waals surface area (Å²) in [6.45, 7) is 4.92. The number of aromatic hydroxyl groups is 2. The molecule has 134 valence electrons. The Hall–Kier alpha value is -2.49. The zero-order valence-corrected chi connectivity index (χ0v) is 14.9. The maximum atomic E-state index is 12.5. The Bertz CT molecular complexity index is 709. The van der Waals surface area contributed by atoms with Crippen LogP contribution in [0.3, 0.4) is 0 Å². The van der Waals surface area contributed by atoms with Crippen LogP contribution in [0, 0.1) is 5.92 Å². The summed E-state index contributed by atoms with van der Waals surface area (Å²) in [5.41, 5.74) is 0.309. The van der Waals surface area contributed by atoms with Crippen molar-refractivity contribution >= 4 is 5.78 Å². The van der Waals surface area contributed by atoms with E-state index in [4.69, 9.17) is 4.74 Å². The van der Waals surface area contributed by atoms with E-state index in [1.165, 1.54) is 37.1 Å². The van der Waals surface area contributed by atoms with Crippen LogP contribution >= 0.6 is 0 Å². The number of rotatable bonds is 9. The van der Waals surface area contributed by atoms with Crippen molar-refractivity contribution < 1.29 is 19.7 Å². The fraction of sp³-hybridized carbons (Fsp3) is 0.381. The number of unbranched alkanes of at least 4 members (excludes halogenated alkanes) is 1. The first-order chi connectivity index (χ1) is 12.1. The highest BCUT2D eigenvalue weighted by Crippen LogP contribution is 2.29. The lowest BCUT2D eigenvalue weighted by atomic mass is 10.0. The molecule has 2 aromatic rings. The molecule has 0 saturated heterocycles. The van der Waals surface area contributed by atoms with Crippen molar-refractivity contribution in [3.05, 3.63) is 53.6 Å². The number of ether oxygens (including phenoxy) is 1. The SMILES string of the molecule is CCCCC(CC)COc1ccc(C(=O)c2ccccc2O)c(O)c1. The largest absolute Gasteiger partial charge is 0.507 e. The average molecular weight is 342 g/mol. The van der Waals surface area contributed by atoms with Crippen molar-refractivity contribution in [3.63, 3.8) is 0 Å². The Balaban J connectivity index is 2.08. The molecule has 0 bridgehead atoms. The highest BCUT2D eigenvalue weighted by Gasteiger charge is 2.17. The molecule has 2 N–H and O–H groups in total. The van der Waals surface area contributed by atoms with Gasteiger partial charge in [0.15, 0.2) is 5.78 Å². The molecule has 0 radical (unpaired) electrons. The first kappa shape index (κ1) is 18.8. The minimum Gasteiger partial charge on any atom is -0.507 e. The molecule has 0 spiro atoms. The molecule has 0 saturated carbocycles. The number of benzene rings is 2. The van der Waals surface area contributed by atoms with Gasteiger partial charge in [-0.15, -0.1) is 0 Å². The lowest BCUT2D eigenvalue weighted by Gasteiger charge is -2.16. The van der Waals surface area contributed by atoms with Crippen LogP contribution in [-0.2, 0) is 0 Å². The minimum atomic E-state index is -0.420. The van der Waals surface area contributed by atoms with Gasteiger partial charge in [0.05, 0.1) is 17.7 Å². The second-order valence-corrected chi connectivity index (χ2v) is 6.25. The van der Waals surface area contributed by atoms with E-state index in [0.717, 1.165) is 12.8 Å². The highest BCUT2D eigenvalue weighted by atomic mass is 16.5. The van der Waals surface area contributed by atoms with Crippen LogP contribution in [-0.4, -0.2) is 22.6 Å². The van der Waals surface area contributed by atoms with Crippen molar-refractivity contribution in [2.75, 3.05) is 6.61 Å². The van der Waals surface area contributed by atoms with Crippen LogP contribution in [0.15, 0.2) is 42.5 Å². The first-order valence-corrected chi connectivity index (χ1v) is 8.85. The molecule has 2 rings (SSSR count). The van der Waals surface area contributed by atoms with Gasteiger partial charge in [0, 0.05) is 6.07 Å². The van der Waals surface area contributed by atoms with Crippen LogP contribution in [0.5, 0.6) is 17.2 Å². The molecule has 0 aliphatic heterocycles. The summed E-state index contributed by atoms with van der Waals surface area (Å²) in [5.74, 6) is 0.365. The summed E-state index contributed by atoms with van der Waals surface area (Å²) < 4.78 is 5.78. The number of carbonyl (C=O) groups excluding carboxylic acids is 1. The van der Waals surface area contributed by atoms with E-state index < -0.39 is 5.78 Å². The number of phenolic OH excluding ortho intramolecular Hbond substituents is 2. The van der Waals surface area contributed by atoms with E-state index in [9.17, 15) is 15.0 Å². The normalized spacial score (nSPS) is 11.9. The number of ketones is 1. The molecule has 0 fully saturated rings. The Morgan fingerprint density at radius 1 is 1.04 bits per heavy atom. The summed E-state index contributed by atoms with van der Waals surface area (Å²) in [4.78, 5) is 12.5. The zero-order valence-electron chi connectivity index (χ0n) is 14.9. The third kappa shape index (κ3) is 4.99. The predicted molar refractivity (Wildman–Crippen MR) is 98.4 cm³/mol. The van der Waals surface area contributed by atoms with Crippen molar-refractivity contribution in [2.45, 2.75) is 39.5 Å². The maximum Gasteiger partial charge on any atom is 0.200 e. The number of hydrogen-bond donors (Lipinski definition) is 2.